The van der Waals surface area contributed by atoms with E-state index in [0.29, 0.717) is 27.9 Å². The zero-order valence-corrected chi connectivity index (χ0v) is 20.6. The topological polar surface area (TPSA) is 93.2 Å². The number of benzene rings is 3. The van der Waals surface area contributed by atoms with Crippen LogP contribution in [0.1, 0.15) is 15.9 Å². The van der Waals surface area contributed by atoms with E-state index in [1.807, 2.05) is 60.7 Å². The van der Waals surface area contributed by atoms with Crippen molar-refractivity contribution in [1.82, 2.24) is 15.5 Å². The minimum Gasteiger partial charge on any atom is -0.497 e. The number of hydrogen-bond donors (Lipinski definition) is 2. The molecule has 1 atom stereocenters. The molecule has 7 nitrogen and oxygen atoms in total. The molecule has 0 radical (unpaired) electrons. The quantitative estimate of drug-likeness (QED) is 0.332. The molecule has 3 aromatic carbocycles. The Morgan fingerprint density at radius 3 is 2.56 bits per heavy atom. The van der Waals surface area contributed by atoms with Gasteiger partial charge in [0.05, 0.1) is 7.11 Å². The van der Waals surface area contributed by atoms with Gasteiger partial charge in [0, 0.05) is 22.0 Å². The Labute approximate surface area is 209 Å². The van der Waals surface area contributed by atoms with Gasteiger partial charge in [0.15, 0.2) is 0 Å². The SMILES string of the molecule is COc1cccc(-c2nnc(NC(=O)[C@H](Cc3ccccc3)NC(=O)c3cccc(Br)c3)s2)c1. The number of halogens is 1. The summed E-state index contributed by atoms with van der Waals surface area (Å²) in [6, 6.07) is 23.2. The van der Waals surface area contributed by atoms with Gasteiger partial charge in [-0.25, -0.2) is 0 Å². The normalized spacial score (nSPS) is 11.5. The van der Waals surface area contributed by atoms with Gasteiger partial charge < -0.3 is 10.1 Å². The van der Waals surface area contributed by atoms with Crippen LogP contribution in [0.25, 0.3) is 10.6 Å². The minimum atomic E-state index is -0.807. The number of aromatic nitrogens is 2. The fourth-order valence-corrected chi connectivity index (χ4v) is 4.41. The summed E-state index contributed by atoms with van der Waals surface area (Å²) in [4.78, 5) is 26.0. The summed E-state index contributed by atoms with van der Waals surface area (Å²) in [6.07, 6.45) is 0.327. The molecule has 2 N–H and O–H groups in total. The molecular weight excluding hydrogens is 516 g/mol. The number of carbonyl (C=O) groups is 2. The van der Waals surface area contributed by atoms with Crippen LogP contribution < -0.4 is 15.4 Å². The van der Waals surface area contributed by atoms with E-state index in [0.717, 1.165) is 15.6 Å². The van der Waals surface area contributed by atoms with Crippen molar-refractivity contribution in [3.05, 3.63) is 94.5 Å². The van der Waals surface area contributed by atoms with Crippen LogP contribution in [-0.4, -0.2) is 35.2 Å². The molecule has 0 unspecified atom stereocenters. The molecule has 1 aromatic heterocycles. The van der Waals surface area contributed by atoms with E-state index in [9.17, 15) is 9.59 Å². The average molecular weight is 537 g/mol. The summed E-state index contributed by atoms with van der Waals surface area (Å²) in [7, 11) is 1.60. The van der Waals surface area contributed by atoms with Gasteiger partial charge in [0.2, 0.25) is 11.0 Å². The molecule has 4 rings (SSSR count). The molecule has 0 spiro atoms. The van der Waals surface area contributed by atoms with Crippen LogP contribution >= 0.6 is 27.3 Å². The second-order valence-electron chi connectivity index (χ2n) is 7.36. The maximum Gasteiger partial charge on any atom is 0.251 e. The van der Waals surface area contributed by atoms with Crippen molar-refractivity contribution in [2.75, 3.05) is 12.4 Å². The number of rotatable bonds is 8. The van der Waals surface area contributed by atoms with E-state index in [1.54, 1.807) is 25.3 Å². The fraction of sp³-hybridized carbons (Fsp3) is 0.120. The van der Waals surface area contributed by atoms with Crippen LogP contribution in [-0.2, 0) is 11.2 Å². The molecule has 1 heterocycles. The average Bonchev–Trinajstić information content (AvgIpc) is 3.32. The number of nitrogens with zero attached hydrogens (tertiary/aromatic N) is 2. The van der Waals surface area contributed by atoms with Crippen molar-refractivity contribution < 1.29 is 14.3 Å². The molecule has 34 heavy (non-hydrogen) atoms. The molecule has 2 amide bonds. The Hall–Kier alpha value is -3.56. The van der Waals surface area contributed by atoms with Crippen LogP contribution in [0.4, 0.5) is 5.13 Å². The monoisotopic (exact) mass is 536 g/mol. The maximum absolute atomic E-state index is 13.2. The molecule has 172 valence electrons. The predicted molar refractivity (Wildman–Crippen MR) is 136 cm³/mol. The van der Waals surface area contributed by atoms with E-state index >= 15 is 0 Å². The van der Waals surface area contributed by atoms with E-state index in [1.165, 1.54) is 11.3 Å². The van der Waals surface area contributed by atoms with Crippen molar-refractivity contribution in [2.45, 2.75) is 12.5 Å². The van der Waals surface area contributed by atoms with Gasteiger partial charge in [-0.1, -0.05) is 75.8 Å². The van der Waals surface area contributed by atoms with Crippen LogP contribution in [0.15, 0.2) is 83.3 Å². The lowest BCUT2D eigenvalue weighted by Gasteiger charge is -2.18. The number of amides is 2. The van der Waals surface area contributed by atoms with E-state index in [-0.39, 0.29) is 11.8 Å². The first-order valence-corrected chi connectivity index (χ1v) is 12.0. The first kappa shape index (κ1) is 23.6. The minimum absolute atomic E-state index is 0.327. The zero-order chi connectivity index (χ0) is 23.9. The van der Waals surface area contributed by atoms with Crippen LogP contribution in [0.2, 0.25) is 0 Å². The first-order chi connectivity index (χ1) is 16.5. The highest BCUT2D eigenvalue weighted by Gasteiger charge is 2.23. The number of hydrogen-bond acceptors (Lipinski definition) is 6. The van der Waals surface area contributed by atoms with Gasteiger partial charge in [-0.3, -0.25) is 14.9 Å². The number of ether oxygens (including phenoxy) is 1. The van der Waals surface area contributed by atoms with Crippen LogP contribution in [0.5, 0.6) is 5.75 Å². The summed E-state index contributed by atoms with van der Waals surface area (Å²) in [6.45, 7) is 0. The van der Waals surface area contributed by atoms with E-state index < -0.39 is 6.04 Å². The maximum atomic E-state index is 13.2. The molecule has 0 aliphatic rings. The smallest absolute Gasteiger partial charge is 0.251 e. The summed E-state index contributed by atoms with van der Waals surface area (Å²) >= 11 is 4.62. The number of carbonyl (C=O) groups excluding carboxylic acids is 2. The fourth-order valence-electron chi connectivity index (χ4n) is 3.27. The molecule has 0 aliphatic heterocycles. The Balaban J connectivity index is 1.52. The van der Waals surface area contributed by atoms with Gasteiger partial charge in [-0.15, -0.1) is 10.2 Å². The molecule has 0 saturated carbocycles. The number of anilines is 1. The van der Waals surface area contributed by atoms with Gasteiger partial charge in [-0.2, -0.15) is 0 Å². The Bertz CT molecular complexity index is 1300. The lowest BCUT2D eigenvalue weighted by Crippen LogP contribution is -2.45. The molecule has 0 fully saturated rings. The standard InChI is InChI=1S/C25H21BrN4O3S/c1-33-20-12-6-10-18(15-20)24-29-30-25(34-24)28-23(32)21(13-16-7-3-2-4-8-16)27-22(31)17-9-5-11-19(26)14-17/h2-12,14-15,21H,13H2,1H3,(H,27,31)(H,28,30,32)/t21-/m0/s1. The van der Waals surface area contributed by atoms with Crippen LogP contribution in [0.3, 0.4) is 0 Å². The van der Waals surface area contributed by atoms with Crippen molar-refractivity contribution >= 4 is 44.2 Å². The molecule has 0 aliphatic carbocycles. The molecule has 9 heteroatoms. The lowest BCUT2D eigenvalue weighted by molar-refractivity contribution is -0.118. The lowest BCUT2D eigenvalue weighted by atomic mass is 10.0. The van der Waals surface area contributed by atoms with Crippen molar-refractivity contribution in [3.63, 3.8) is 0 Å². The van der Waals surface area contributed by atoms with Crippen molar-refractivity contribution in [2.24, 2.45) is 0 Å². The largest absolute Gasteiger partial charge is 0.497 e. The van der Waals surface area contributed by atoms with Gasteiger partial charge in [-0.05, 0) is 35.9 Å². The highest BCUT2D eigenvalue weighted by atomic mass is 79.9. The summed E-state index contributed by atoms with van der Waals surface area (Å²) in [5, 5.41) is 14.9. The zero-order valence-electron chi connectivity index (χ0n) is 18.2. The second-order valence-corrected chi connectivity index (χ2v) is 9.25. The third-order valence-corrected chi connectivity index (χ3v) is 6.34. The van der Waals surface area contributed by atoms with Crippen molar-refractivity contribution in [1.29, 1.82) is 0 Å². The third kappa shape index (κ3) is 6.06. The van der Waals surface area contributed by atoms with E-state index in [4.69, 9.17) is 4.74 Å². The highest BCUT2D eigenvalue weighted by molar-refractivity contribution is 9.10. The number of nitrogens with one attached hydrogen (secondary N) is 2. The summed E-state index contributed by atoms with van der Waals surface area (Å²) in [5.41, 5.74) is 2.21. The molecule has 0 bridgehead atoms. The molecular formula is C25H21BrN4O3S. The van der Waals surface area contributed by atoms with Crippen LogP contribution in [0, 0.1) is 0 Å². The Morgan fingerprint density at radius 2 is 1.79 bits per heavy atom. The van der Waals surface area contributed by atoms with Gasteiger partial charge >= 0.3 is 0 Å². The number of methoxy groups -OCH3 is 1. The second kappa shape index (κ2) is 11.0. The first-order valence-electron chi connectivity index (χ1n) is 10.4. The highest BCUT2D eigenvalue weighted by Crippen LogP contribution is 2.28. The van der Waals surface area contributed by atoms with Gasteiger partial charge in [0.25, 0.3) is 5.91 Å². The van der Waals surface area contributed by atoms with E-state index in [2.05, 4.69) is 36.8 Å². The third-order valence-electron chi connectivity index (χ3n) is 4.96. The predicted octanol–water partition coefficient (Wildman–Crippen LogP) is 4.96. The summed E-state index contributed by atoms with van der Waals surface area (Å²) < 4.78 is 6.04. The van der Waals surface area contributed by atoms with Gasteiger partial charge in [0.1, 0.15) is 16.8 Å². The molecule has 4 aromatic rings. The molecule has 0 saturated heterocycles. The summed E-state index contributed by atoms with van der Waals surface area (Å²) in [5.74, 6) is -0.0104. The Kier molecular flexibility index (Phi) is 7.66. The Morgan fingerprint density at radius 1 is 1.00 bits per heavy atom. The van der Waals surface area contributed by atoms with Crippen molar-refractivity contribution in [3.8, 4) is 16.3 Å².